The number of amides is 4. The van der Waals surface area contributed by atoms with E-state index in [1.165, 1.54) is 0 Å². The third-order valence-electron chi connectivity index (χ3n) is 3.94. The number of alkyl carbamates (subject to hydrolysis) is 2. The van der Waals surface area contributed by atoms with Crippen molar-refractivity contribution in [1.82, 2.24) is 21.3 Å². The van der Waals surface area contributed by atoms with Crippen LogP contribution in [-0.2, 0) is 19.1 Å². The predicted molar refractivity (Wildman–Crippen MR) is 118 cm³/mol. The molecule has 0 aliphatic rings. The van der Waals surface area contributed by atoms with Crippen LogP contribution in [0.2, 0.25) is 0 Å². The minimum Gasteiger partial charge on any atom is -0.444 e. The molecule has 0 aromatic rings. The van der Waals surface area contributed by atoms with Gasteiger partial charge in [0.15, 0.2) is 0 Å². The molecule has 0 aromatic heterocycles. The molecule has 0 bridgehead atoms. The Bertz CT molecular complexity index is 624. The normalized spacial score (nSPS) is 13.4. The molecule has 1 atom stereocenters. The molecule has 0 spiro atoms. The Kier molecular flexibility index (Phi) is 11.4. The van der Waals surface area contributed by atoms with E-state index in [1.54, 1.807) is 41.5 Å². The summed E-state index contributed by atoms with van der Waals surface area (Å²) < 4.78 is 10.2. The molecule has 0 aliphatic carbocycles. The van der Waals surface area contributed by atoms with Crippen molar-refractivity contribution >= 4 is 24.0 Å². The van der Waals surface area contributed by atoms with Crippen LogP contribution < -0.4 is 21.3 Å². The lowest BCUT2D eigenvalue weighted by atomic mass is 9.98. The second-order valence-corrected chi connectivity index (χ2v) is 9.60. The van der Waals surface area contributed by atoms with E-state index in [1.807, 2.05) is 13.8 Å². The first-order chi connectivity index (χ1) is 14.1. The maximum absolute atomic E-state index is 12.2. The first kappa shape index (κ1) is 28.5. The Labute approximate surface area is 185 Å². The highest BCUT2D eigenvalue weighted by atomic mass is 16.6. The summed E-state index contributed by atoms with van der Waals surface area (Å²) in [6, 6.07) is 0. The average molecular weight is 445 g/mol. The van der Waals surface area contributed by atoms with Gasteiger partial charge in [-0.25, -0.2) is 9.59 Å². The lowest BCUT2D eigenvalue weighted by Gasteiger charge is -2.30. The largest absolute Gasteiger partial charge is 0.444 e. The number of rotatable bonds is 10. The molecule has 0 unspecified atom stereocenters. The molecule has 180 valence electrons. The molecule has 0 saturated carbocycles. The summed E-state index contributed by atoms with van der Waals surface area (Å²) in [6.45, 7) is 14.8. The molecule has 31 heavy (non-hydrogen) atoms. The fourth-order valence-electron chi connectivity index (χ4n) is 2.22. The van der Waals surface area contributed by atoms with Gasteiger partial charge in [0.25, 0.3) is 0 Å². The molecule has 10 heteroatoms. The summed E-state index contributed by atoms with van der Waals surface area (Å²) >= 11 is 0. The van der Waals surface area contributed by atoms with Crippen LogP contribution in [0.3, 0.4) is 0 Å². The molecule has 4 amide bonds. The van der Waals surface area contributed by atoms with Gasteiger partial charge in [0.2, 0.25) is 11.8 Å². The van der Waals surface area contributed by atoms with Gasteiger partial charge >= 0.3 is 12.2 Å². The zero-order valence-corrected chi connectivity index (χ0v) is 20.2. The quantitative estimate of drug-likeness (QED) is 0.408. The van der Waals surface area contributed by atoms with E-state index in [-0.39, 0.29) is 44.3 Å². The number of carbonyl (C=O) groups excluding carboxylic acids is 4. The van der Waals surface area contributed by atoms with Gasteiger partial charge in [-0.15, -0.1) is 0 Å². The van der Waals surface area contributed by atoms with Crippen LogP contribution in [-0.4, -0.2) is 60.4 Å². The highest BCUT2D eigenvalue weighted by molar-refractivity contribution is 5.79. The molecule has 0 radical (unpaired) electrons. The van der Waals surface area contributed by atoms with E-state index in [0.717, 1.165) is 0 Å². The minimum atomic E-state index is -0.642. The Morgan fingerprint density at radius 2 is 1.10 bits per heavy atom. The predicted octanol–water partition coefficient (Wildman–Crippen LogP) is 2.22. The summed E-state index contributed by atoms with van der Waals surface area (Å²) in [5, 5.41) is 10.7. The van der Waals surface area contributed by atoms with Gasteiger partial charge in [-0.3, -0.25) is 9.59 Å². The number of hydrogen-bond donors (Lipinski definition) is 4. The van der Waals surface area contributed by atoms with Crippen molar-refractivity contribution in [3.8, 4) is 0 Å². The summed E-state index contributed by atoms with van der Waals surface area (Å²) in [6.07, 6.45) is -0.388. The lowest BCUT2D eigenvalue weighted by molar-refractivity contribution is -0.124. The van der Waals surface area contributed by atoms with Gasteiger partial charge in [0.1, 0.15) is 11.2 Å². The SMILES string of the molecule is CC[C@@](C)(CNC(=O)CCNC(=O)OC(C)(C)C)NC(=O)CCNC(=O)OC(C)(C)C. The molecule has 10 nitrogen and oxygen atoms in total. The molecule has 0 rings (SSSR count). The van der Waals surface area contributed by atoms with E-state index in [2.05, 4.69) is 21.3 Å². The van der Waals surface area contributed by atoms with Gasteiger partial charge in [-0.1, -0.05) is 6.92 Å². The second kappa shape index (κ2) is 12.4. The first-order valence-corrected chi connectivity index (χ1v) is 10.6. The molecular formula is C21H40N4O6. The number of carbonyl (C=O) groups is 4. The zero-order valence-electron chi connectivity index (χ0n) is 20.2. The van der Waals surface area contributed by atoms with Crippen LogP contribution >= 0.6 is 0 Å². The van der Waals surface area contributed by atoms with Crippen molar-refractivity contribution in [2.75, 3.05) is 19.6 Å². The maximum Gasteiger partial charge on any atom is 0.407 e. The topological polar surface area (TPSA) is 135 Å². The molecule has 0 heterocycles. The van der Waals surface area contributed by atoms with Crippen LogP contribution in [0, 0.1) is 0 Å². The fourth-order valence-corrected chi connectivity index (χ4v) is 2.22. The van der Waals surface area contributed by atoms with E-state index < -0.39 is 28.9 Å². The maximum atomic E-state index is 12.2. The molecule has 4 N–H and O–H groups in total. The van der Waals surface area contributed by atoms with E-state index in [9.17, 15) is 19.2 Å². The highest BCUT2D eigenvalue weighted by Crippen LogP contribution is 2.09. The van der Waals surface area contributed by atoms with Crippen LogP contribution in [0.4, 0.5) is 9.59 Å². The van der Waals surface area contributed by atoms with Gasteiger partial charge in [-0.2, -0.15) is 0 Å². The van der Waals surface area contributed by atoms with Gasteiger partial charge in [0.05, 0.1) is 5.54 Å². The Morgan fingerprint density at radius 1 is 0.677 bits per heavy atom. The van der Waals surface area contributed by atoms with Gasteiger partial charge in [0, 0.05) is 32.5 Å². The van der Waals surface area contributed by atoms with Crippen molar-refractivity contribution in [1.29, 1.82) is 0 Å². The van der Waals surface area contributed by atoms with Crippen LogP contribution in [0.1, 0.15) is 74.7 Å². The van der Waals surface area contributed by atoms with E-state index in [4.69, 9.17) is 9.47 Å². The standard InChI is InChI=1S/C21H40N4O6/c1-9-21(8,25-16(27)11-13-23-18(29)31-20(5,6)7)14-24-15(26)10-12-22-17(28)30-19(2,3)4/h9-14H2,1-8H3,(H,22,28)(H,23,29)(H,24,26)(H,25,27)/t21-/m0/s1. The van der Waals surface area contributed by atoms with Crippen LogP contribution in [0.5, 0.6) is 0 Å². The van der Waals surface area contributed by atoms with Crippen molar-refractivity contribution in [3.63, 3.8) is 0 Å². The number of nitrogens with one attached hydrogen (secondary N) is 4. The Balaban J connectivity index is 4.26. The van der Waals surface area contributed by atoms with Gasteiger partial charge < -0.3 is 30.7 Å². The minimum absolute atomic E-state index is 0.0859. The Hall–Kier alpha value is -2.52. The summed E-state index contributed by atoms with van der Waals surface area (Å²) in [5.74, 6) is -0.502. The number of hydrogen-bond acceptors (Lipinski definition) is 6. The highest BCUT2D eigenvalue weighted by Gasteiger charge is 2.25. The molecule has 0 saturated heterocycles. The average Bonchev–Trinajstić information content (AvgIpc) is 2.56. The third-order valence-corrected chi connectivity index (χ3v) is 3.94. The lowest BCUT2D eigenvalue weighted by Crippen LogP contribution is -2.53. The smallest absolute Gasteiger partial charge is 0.407 e. The summed E-state index contributed by atoms with van der Waals surface area (Å²) in [7, 11) is 0. The summed E-state index contributed by atoms with van der Waals surface area (Å²) in [4.78, 5) is 47.4. The molecule has 0 aliphatic heterocycles. The fraction of sp³-hybridized carbons (Fsp3) is 0.810. The third kappa shape index (κ3) is 15.9. The second-order valence-electron chi connectivity index (χ2n) is 9.60. The van der Waals surface area contributed by atoms with Crippen LogP contribution in [0.25, 0.3) is 0 Å². The van der Waals surface area contributed by atoms with Crippen molar-refractivity contribution in [2.24, 2.45) is 0 Å². The summed E-state index contributed by atoms with van der Waals surface area (Å²) in [5.41, 5.74) is -1.85. The van der Waals surface area contributed by atoms with Gasteiger partial charge in [-0.05, 0) is 54.9 Å². The van der Waals surface area contributed by atoms with Crippen molar-refractivity contribution < 1.29 is 28.7 Å². The molecule has 0 fully saturated rings. The van der Waals surface area contributed by atoms with E-state index >= 15 is 0 Å². The first-order valence-electron chi connectivity index (χ1n) is 10.6. The molecule has 0 aromatic carbocycles. The monoisotopic (exact) mass is 444 g/mol. The molecular weight excluding hydrogens is 404 g/mol. The Morgan fingerprint density at radius 3 is 1.48 bits per heavy atom. The van der Waals surface area contributed by atoms with Crippen LogP contribution in [0.15, 0.2) is 0 Å². The van der Waals surface area contributed by atoms with Crippen molar-refractivity contribution in [2.45, 2.75) is 91.4 Å². The van der Waals surface area contributed by atoms with Crippen molar-refractivity contribution in [3.05, 3.63) is 0 Å². The zero-order chi connectivity index (χ0) is 24.3. The number of ether oxygens (including phenoxy) is 2. The van der Waals surface area contributed by atoms with E-state index in [0.29, 0.717) is 6.42 Å².